The Kier molecular flexibility index (Phi) is 7.82. The third kappa shape index (κ3) is 5.55. The van der Waals surface area contributed by atoms with Crippen LogP contribution in [0.25, 0.3) is 0 Å². The molecule has 0 bridgehead atoms. The maximum absolute atomic E-state index is 9.79. The molecule has 8 heteroatoms. The number of nitrogen functional groups attached to an aromatic ring is 1. The third-order valence-electron chi connectivity index (χ3n) is 5.08. The van der Waals surface area contributed by atoms with Crippen molar-refractivity contribution in [2.45, 2.75) is 31.7 Å². The van der Waals surface area contributed by atoms with Gasteiger partial charge in [-0.25, -0.2) is 4.98 Å². The van der Waals surface area contributed by atoms with E-state index >= 15 is 0 Å². The van der Waals surface area contributed by atoms with Gasteiger partial charge in [0, 0.05) is 6.20 Å². The summed E-state index contributed by atoms with van der Waals surface area (Å²) in [7, 11) is 0. The first-order valence-electron chi connectivity index (χ1n) is 8.91. The summed E-state index contributed by atoms with van der Waals surface area (Å²) < 4.78 is 0. The Hall–Kier alpha value is -2.38. The van der Waals surface area contributed by atoms with E-state index in [2.05, 4.69) is 44.7 Å². The smallest absolute Gasteiger partial charge is 0.221 e. The second-order valence-corrected chi connectivity index (χ2v) is 6.83. The zero-order valence-electron chi connectivity index (χ0n) is 15.0. The molecule has 27 heavy (non-hydrogen) atoms. The van der Waals surface area contributed by atoms with E-state index in [4.69, 9.17) is 10.9 Å². The van der Waals surface area contributed by atoms with Gasteiger partial charge in [-0.3, -0.25) is 0 Å². The lowest BCUT2D eigenvalue weighted by Gasteiger charge is -2.40. The molecule has 1 heterocycles. The zero-order valence-corrected chi connectivity index (χ0v) is 15.8. The number of aliphatic hydroxyl groups is 1. The number of hydrogen-bond acceptors (Lipinski definition) is 7. The lowest BCUT2D eigenvalue weighted by molar-refractivity contribution is 0.124. The van der Waals surface area contributed by atoms with E-state index in [9.17, 15) is 5.11 Å². The number of anilines is 2. The van der Waals surface area contributed by atoms with E-state index in [0.29, 0.717) is 23.2 Å². The van der Waals surface area contributed by atoms with Gasteiger partial charge in [0.1, 0.15) is 5.82 Å². The number of nitrogens with two attached hydrogens (primary N) is 1. The van der Waals surface area contributed by atoms with E-state index in [-0.39, 0.29) is 31.0 Å². The molecule has 0 aliphatic heterocycles. The highest BCUT2D eigenvalue weighted by atomic mass is 35.5. The summed E-state index contributed by atoms with van der Waals surface area (Å²) in [5, 5.41) is 24.8. The van der Waals surface area contributed by atoms with Gasteiger partial charge in [0.15, 0.2) is 0 Å². The van der Waals surface area contributed by atoms with Crippen LogP contribution in [0, 0.1) is 11.8 Å². The number of aromatic nitrogens is 2. The van der Waals surface area contributed by atoms with Gasteiger partial charge in [0.2, 0.25) is 5.95 Å². The highest BCUT2D eigenvalue weighted by Crippen LogP contribution is 2.39. The standard InChI is InChI=1S/C19H25N5O2.ClH/c20-19-21-10-16(11-22-26)18(24-19)23-17(12-25)15-8-14(9-15)7-6-13-4-2-1-3-5-13;/h1-5,10-11,14-15,17,25-26H,6-9,12H2,(H3,20,21,23,24);1H. The van der Waals surface area contributed by atoms with Crippen LogP contribution in [0.1, 0.15) is 30.4 Å². The number of oxime groups is 1. The molecule has 1 fully saturated rings. The SMILES string of the molecule is Cl.Nc1ncc(C=NO)c(NC(CO)C2CC(CCc3ccccc3)C2)n1. The maximum Gasteiger partial charge on any atom is 0.221 e. The molecule has 146 valence electrons. The van der Waals surface area contributed by atoms with Crippen molar-refractivity contribution in [1.82, 2.24) is 9.97 Å². The largest absolute Gasteiger partial charge is 0.411 e. The third-order valence-corrected chi connectivity index (χ3v) is 5.08. The van der Waals surface area contributed by atoms with Gasteiger partial charge in [-0.05, 0) is 43.1 Å². The molecule has 1 aliphatic carbocycles. The Morgan fingerprint density at radius 2 is 2.04 bits per heavy atom. The van der Waals surface area contributed by atoms with Crippen LogP contribution in [0.4, 0.5) is 11.8 Å². The summed E-state index contributed by atoms with van der Waals surface area (Å²) in [5.74, 6) is 1.68. The number of halogens is 1. The minimum atomic E-state index is -0.108. The van der Waals surface area contributed by atoms with Crippen LogP contribution in [0.3, 0.4) is 0 Å². The van der Waals surface area contributed by atoms with Crippen LogP contribution in [0.15, 0.2) is 41.7 Å². The lowest BCUT2D eigenvalue weighted by atomic mass is 9.69. The number of hydrogen-bond donors (Lipinski definition) is 4. The summed E-state index contributed by atoms with van der Waals surface area (Å²) in [6.07, 6.45) is 7.16. The molecule has 1 aliphatic rings. The van der Waals surface area contributed by atoms with Gasteiger partial charge in [-0.1, -0.05) is 35.5 Å². The molecular weight excluding hydrogens is 366 g/mol. The van der Waals surface area contributed by atoms with Crippen LogP contribution in [-0.2, 0) is 6.42 Å². The highest BCUT2D eigenvalue weighted by molar-refractivity contribution is 5.86. The fourth-order valence-electron chi connectivity index (χ4n) is 3.53. The van der Waals surface area contributed by atoms with Crippen molar-refractivity contribution in [3.8, 4) is 0 Å². The minimum absolute atomic E-state index is 0. The minimum Gasteiger partial charge on any atom is -0.411 e. The maximum atomic E-state index is 9.79. The molecule has 3 rings (SSSR count). The van der Waals surface area contributed by atoms with Gasteiger partial charge in [0.05, 0.1) is 24.4 Å². The van der Waals surface area contributed by atoms with E-state index in [1.807, 2.05) is 6.07 Å². The summed E-state index contributed by atoms with van der Waals surface area (Å²) >= 11 is 0. The molecule has 0 saturated heterocycles. The predicted octanol–water partition coefficient (Wildman–Crippen LogP) is 2.72. The van der Waals surface area contributed by atoms with Gasteiger partial charge in [-0.15, -0.1) is 12.4 Å². The van der Waals surface area contributed by atoms with Crippen LogP contribution in [0.5, 0.6) is 0 Å². The summed E-state index contributed by atoms with van der Waals surface area (Å²) in [4.78, 5) is 8.05. The molecule has 1 atom stereocenters. The Labute approximate surface area is 165 Å². The van der Waals surface area contributed by atoms with Crippen LogP contribution in [-0.4, -0.2) is 39.1 Å². The number of rotatable bonds is 8. The van der Waals surface area contributed by atoms with Crippen molar-refractivity contribution in [3.05, 3.63) is 47.7 Å². The Morgan fingerprint density at radius 3 is 2.70 bits per heavy atom. The fourth-order valence-corrected chi connectivity index (χ4v) is 3.53. The lowest BCUT2D eigenvalue weighted by Crippen LogP contribution is -2.41. The van der Waals surface area contributed by atoms with Gasteiger partial charge >= 0.3 is 0 Å². The second-order valence-electron chi connectivity index (χ2n) is 6.83. The van der Waals surface area contributed by atoms with Crippen molar-refractivity contribution >= 4 is 30.4 Å². The van der Waals surface area contributed by atoms with Gasteiger partial charge in [0.25, 0.3) is 0 Å². The van der Waals surface area contributed by atoms with Gasteiger partial charge < -0.3 is 21.4 Å². The van der Waals surface area contributed by atoms with Crippen LogP contribution in [0.2, 0.25) is 0 Å². The first kappa shape index (κ1) is 20.9. The van der Waals surface area contributed by atoms with Crippen molar-refractivity contribution < 1.29 is 10.3 Å². The van der Waals surface area contributed by atoms with Crippen molar-refractivity contribution in [2.24, 2.45) is 17.0 Å². The predicted molar refractivity (Wildman–Crippen MR) is 109 cm³/mol. The monoisotopic (exact) mass is 391 g/mol. The number of aliphatic hydroxyl groups excluding tert-OH is 1. The fraction of sp³-hybridized carbons (Fsp3) is 0.421. The van der Waals surface area contributed by atoms with Crippen molar-refractivity contribution in [2.75, 3.05) is 17.7 Å². The molecule has 1 aromatic heterocycles. The van der Waals surface area contributed by atoms with Crippen molar-refractivity contribution in [3.63, 3.8) is 0 Å². The van der Waals surface area contributed by atoms with E-state index in [0.717, 1.165) is 19.3 Å². The Morgan fingerprint density at radius 1 is 1.30 bits per heavy atom. The van der Waals surface area contributed by atoms with E-state index < -0.39 is 0 Å². The van der Waals surface area contributed by atoms with E-state index in [1.54, 1.807) is 0 Å². The normalized spacial score (nSPS) is 19.9. The molecular formula is C19H26ClN5O2. The average Bonchev–Trinajstić information content (AvgIpc) is 2.62. The van der Waals surface area contributed by atoms with Crippen molar-refractivity contribution in [1.29, 1.82) is 0 Å². The molecule has 5 N–H and O–H groups in total. The number of nitrogens with zero attached hydrogens (tertiary/aromatic N) is 3. The Balaban J connectivity index is 0.00000261. The second kappa shape index (κ2) is 10.1. The first-order valence-corrected chi connectivity index (χ1v) is 8.91. The first-order chi connectivity index (χ1) is 12.7. The summed E-state index contributed by atoms with van der Waals surface area (Å²) in [6.45, 7) is 0.00961. The van der Waals surface area contributed by atoms with Crippen LogP contribution < -0.4 is 11.1 Å². The molecule has 1 aromatic carbocycles. The zero-order chi connectivity index (χ0) is 18.4. The highest BCUT2D eigenvalue weighted by Gasteiger charge is 2.34. The van der Waals surface area contributed by atoms with Gasteiger partial charge in [-0.2, -0.15) is 4.98 Å². The molecule has 0 spiro atoms. The molecule has 0 radical (unpaired) electrons. The molecule has 1 saturated carbocycles. The topological polar surface area (TPSA) is 117 Å². The summed E-state index contributed by atoms with van der Waals surface area (Å²) in [6, 6.07) is 10.4. The Bertz CT molecular complexity index is 738. The summed E-state index contributed by atoms with van der Waals surface area (Å²) in [5.41, 5.74) is 7.55. The number of aryl methyl sites for hydroxylation is 1. The quantitative estimate of drug-likeness (QED) is 0.312. The number of nitrogens with one attached hydrogen (secondary N) is 1. The molecule has 2 aromatic rings. The van der Waals surface area contributed by atoms with Crippen LogP contribution >= 0.6 is 12.4 Å². The molecule has 1 unspecified atom stereocenters. The average molecular weight is 392 g/mol. The molecule has 0 amide bonds. The van der Waals surface area contributed by atoms with E-state index in [1.165, 1.54) is 24.4 Å². The molecule has 7 nitrogen and oxygen atoms in total. The number of benzene rings is 1.